The van der Waals surface area contributed by atoms with E-state index >= 15 is 0 Å². The highest BCUT2D eigenvalue weighted by atomic mass is 16.5. The van der Waals surface area contributed by atoms with Crippen molar-refractivity contribution in [3.8, 4) is 11.5 Å². The van der Waals surface area contributed by atoms with E-state index in [1.807, 2.05) is 0 Å². The van der Waals surface area contributed by atoms with Crippen LogP contribution in [0.3, 0.4) is 0 Å². The molecule has 2 aromatic rings. The lowest BCUT2D eigenvalue weighted by molar-refractivity contribution is -0.123. The molecule has 0 spiro atoms. The fourth-order valence-electron chi connectivity index (χ4n) is 2.21. The number of primary amides is 1. The highest BCUT2D eigenvalue weighted by Gasteiger charge is 2.20. The maximum atomic E-state index is 12.2. The Bertz CT molecular complexity index is 848. The SMILES string of the molecule is COc1ccc(C(=O)O[C@H](C)C(=O)Nc2ccc(C(N)=O)cc2)cc1OC. The molecule has 2 amide bonds. The Morgan fingerprint density at radius 2 is 1.52 bits per heavy atom. The third-order valence-electron chi connectivity index (χ3n) is 3.71. The Balaban J connectivity index is 2.01. The van der Waals surface area contributed by atoms with Crippen LogP contribution in [-0.4, -0.2) is 38.1 Å². The van der Waals surface area contributed by atoms with Crippen molar-refractivity contribution in [2.24, 2.45) is 5.73 Å². The third kappa shape index (κ3) is 4.97. The molecule has 0 aliphatic heterocycles. The minimum absolute atomic E-state index is 0.220. The standard InChI is InChI=1S/C19H20N2O6/c1-11(18(23)21-14-7-4-12(5-8-14)17(20)22)27-19(24)13-6-9-15(25-2)16(10-13)26-3/h4-11H,1-3H3,(H2,20,22)(H,21,23)/t11-/m1/s1. The zero-order valence-corrected chi connectivity index (χ0v) is 15.1. The average molecular weight is 372 g/mol. The molecule has 0 fully saturated rings. The molecular formula is C19H20N2O6. The number of hydrogen-bond acceptors (Lipinski definition) is 6. The van der Waals surface area contributed by atoms with Gasteiger partial charge in [-0.25, -0.2) is 4.79 Å². The summed E-state index contributed by atoms with van der Waals surface area (Å²) in [5.74, 6) is -0.915. The van der Waals surface area contributed by atoms with Crippen LogP contribution >= 0.6 is 0 Å². The van der Waals surface area contributed by atoms with Crippen molar-refractivity contribution in [2.45, 2.75) is 13.0 Å². The quantitative estimate of drug-likeness (QED) is 0.718. The first-order chi connectivity index (χ1) is 12.8. The maximum Gasteiger partial charge on any atom is 0.339 e. The van der Waals surface area contributed by atoms with Crippen LogP contribution in [0.25, 0.3) is 0 Å². The summed E-state index contributed by atoms with van der Waals surface area (Å²) in [5.41, 5.74) is 6.15. The van der Waals surface area contributed by atoms with Gasteiger partial charge in [0.25, 0.3) is 5.91 Å². The first kappa shape index (κ1) is 19.8. The van der Waals surface area contributed by atoms with Gasteiger partial charge in [-0.05, 0) is 49.4 Å². The minimum atomic E-state index is -1.04. The summed E-state index contributed by atoms with van der Waals surface area (Å²) in [6.45, 7) is 1.45. The van der Waals surface area contributed by atoms with E-state index in [0.717, 1.165) is 0 Å². The number of methoxy groups -OCH3 is 2. The van der Waals surface area contributed by atoms with Crippen molar-refractivity contribution >= 4 is 23.5 Å². The van der Waals surface area contributed by atoms with Gasteiger partial charge in [0.2, 0.25) is 5.91 Å². The zero-order chi connectivity index (χ0) is 20.0. The molecule has 8 nitrogen and oxygen atoms in total. The van der Waals surface area contributed by atoms with Crippen LogP contribution in [0.2, 0.25) is 0 Å². The van der Waals surface area contributed by atoms with Crippen LogP contribution in [0.5, 0.6) is 11.5 Å². The molecule has 27 heavy (non-hydrogen) atoms. The van der Waals surface area contributed by atoms with Gasteiger partial charge in [0.15, 0.2) is 17.6 Å². The largest absolute Gasteiger partial charge is 0.493 e. The summed E-state index contributed by atoms with van der Waals surface area (Å²) in [6.07, 6.45) is -1.04. The Morgan fingerprint density at radius 3 is 2.07 bits per heavy atom. The number of rotatable bonds is 7. The van der Waals surface area contributed by atoms with Crippen LogP contribution in [-0.2, 0) is 9.53 Å². The van der Waals surface area contributed by atoms with Crippen molar-refractivity contribution in [1.82, 2.24) is 0 Å². The van der Waals surface area contributed by atoms with Gasteiger partial charge in [0, 0.05) is 11.3 Å². The number of carbonyl (C=O) groups excluding carboxylic acids is 3. The Labute approximate surface area is 156 Å². The van der Waals surface area contributed by atoms with E-state index in [1.54, 1.807) is 6.07 Å². The van der Waals surface area contributed by atoms with Gasteiger partial charge >= 0.3 is 5.97 Å². The summed E-state index contributed by atoms with van der Waals surface area (Å²) < 4.78 is 15.4. The number of esters is 1. The van der Waals surface area contributed by atoms with Crippen LogP contribution in [0.15, 0.2) is 42.5 Å². The summed E-state index contributed by atoms with van der Waals surface area (Å²) in [7, 11) is 2.94. The normalized spacial score (nSPS) is 11.2. The van der Waals surface area contributed by atoms with Gasteiger partial charge in [-0.1, -0.05) is 0 Å². The molecule has 2 rings (SSSR count). The minimum Gasteiger partial charge on any atom is -0.493 e. The summed E-state index contributed by atoms with van der Waals surface area (Å²) >= 11 is 0. The summed E-state index contributed by atoms with van der Waals surface area (Å²) in [6, 6.07) is 10.6. The molecule has 3 N–H and O–H groups in total. The predicted molar refractivity (Wildman–Crippen MR) is 98.0 cm³/mol. The van der Waals surface area contributed by atoms with Crippen molar-refractivity contribution in [3.63, 3.8) is 0 Å². The molecular weight excluding hydrogens is 352 g/mol. The van der Waals surface area contributed by atoms with Crippen LogP contribution < -0.4 is 20.5 Å². The lowest BCUT2D eigenvalue weighted by atomic mass is 10.2. The van der Waals surface area contributed by atoms with E-state index in [2.05, 4.69) is 5.32 Å². The molecule has 0 heterocycles. The topological polar surface area (TPSA) is 117 Å². The van der Waals surface area contributed by atoms with Crippen molar-refractivity contribution < 1.29 is 28.6 Å². The molecule has 0 saturated carbocycles. The predicted octanol–water partition coefficient (Wildman–Crippen LogP) is 1.99. The number of hydrogen-bond donors (Lipinski definition) is 2. The van der Waals surface area contributed by atoms with Gasteiger partial charge in [0.1, 0.15) is 0 Å². The summed E-state index contributed by atoms with van der Waals surface area (Å²) in [4.78, 5) is 35.5. The van der Waals surface area contributed by atoms with E-state index in [0.29, 0.717) is 22.7 Å². The van der Waals surface area contributed by atoms with E-state index in [-0.39, 0.29) is 5.56 Å². The fourth-order valence-corrected chi connectivity index (χ4v) is 2.21. The zero-order valence-electron chi connectivity index (χ0n) is 15.1. The monoisotopic (exact) mass is 372 g/mol. The van der Waals surface area contributed by atoms with E-state index in [9.17, 15) is 14.4 Å². The molecule has 2 aromatic carbocycles. The maximum absolute atomic E-state index is 12.2. The van der Waals surface area contributed by atoms with Gasteiger partial charge in [0.05, 0.1) is 19.8 Å². The highest BCUT2D eigenvalue weighted by Crippen LogP contribution is 2.28. The number of carbonyl (C=O) groups is 3. The number of nitrogens with two attached hydrogens (primary N) is 1. The highest BCUT2D eigenvalue weighted by molar-refractivity contribution is 5.98. The summed E-state index contributed by atoms with van der Waals surface area (Å²) in [5, 5.41) is 2.59. The fraction of sp³-hybridized carbons (Fsp3) is 0.211. The molecule has 0 aromatic heterocycles. The van der Waals surface area contributed by atoms with Gasteiger partial charge < -0.3 is 25.3 Å². The number of anilines is 1. The lowest BCUT2D eigenvalue weighted by Gasteiger charge is -2.14. The first-order valence-corrected chi connectivity index (χ1v) is 7.99. The Hall–Kier alpha value is -3.55. The van der Waals surface area contributed by atoms with Gasteiger partial charge in [-0.2, -0.15) is 0 Å². The van der Waals surface area contributed by atoms with Crippen molar-refractivity contribution in [1.29, 1.82) is 0 Å². The Kier molecular flexibility index (Phi) is 6.37. The molecule has 0 bridgehead atoms. The molecule has 142 valence electrons. The number of amides is 2. The number of ether oxygens (including phenoxy) is 3. The average Bonchev–Trinajstić information content (AvgIpc) is 2.67. The van der Waals surface area contributed by atoms with Gasteiger partial charge in [-0.3, -0.25) is 9.59 Å². The second kappa shape index (κ2) is 8.70. The lowest BCUT2D eigenvalue weighted by Crippen LogP contribution is -2.30. The third-order valence-corrected chi connectivity index (χ3v) is 3.71. The van der Waals surface area contributed by atoms with Crippen molar-refractivity contribution in [2.75, 3.05) is 19.5 Å². The van der Waals surface area contributed by atoms with E-state index in [4.69, 9.17) is 19.9 Å². The van der Waals surface area contributed by atoms with Crippen molar-refractivity contribution in [3.05, 3.63) is 53.6 Å². The molecule has 8 heteroatoms. The van der Waals surface area contributed by atoms with Crippen LogP contribution in [0.4, 0.5) is 5.69 Å². The molecule has 1 atom stereocenters. The van der Waals surface area contributed by atoms with Gasteiger partial charge in [-0.15, -0.1) is 0 Å². The number of benzene rings is 2. The molecule has 0 radical (unpaired) electrons. The number of nitrogens with one attached hydrogen (secondary N) is 1. The second-order valence-corrected chi connectivity index (χ2v) is 5.55. The van der Waals surface area contributed by atoms with E-state index in [1.165, 1.54) is 57.5 Å². The van der Waals surface area contributed by atoms with Crippen LogP contribution in [0, 0.1) is 0 Å². The second-order valence-electron chi connectivity index (χ2n) is 5.55. The van der Waals surface area contributed by atoms with E-state index < -0.39 is 23.9 Å². The first-order valence-electron chi connectivity index (χ1n) is 7.99. The Morgan fingerprint density at radius 1 is 0.926 bits per heavy atom. The molecule has 0 aliphatic carbocycles. The molecule has 0 unspecified atom stereocenters. The molecule has 0 aliphatic rings. The smallest absolute Gasteiger partial charge is 0.339 e. The van der Waals surface area contributed by atoms with Crippen LogP contribution in [0.1, 0.15) is 27.6 Å². The molecule has 0 saturated heterocycles.